The van der Waals surface area contributed by atoms with Crippen molar-refractivity contribution in [2.75, 3.05) is 45.1 Å². The topological polar surface area (TPSA) is 24.5 Å². The van der Waals surface area contributed by atoms with Crippen molar-refractivity contribution in [3.63, 3.8) is 0 Å². The molecule has 2 heterocycles. The maximum absolute atomic E-state index is 5.46. The molecule has 2 unspecified atom stereocenters. The summed E-state index contributed by atoms with van der Waals surface area (Å²) in [6.07, 6.45) is 0. The van der Waals surface area contributed by atoms with Crippen LogP contribution in [0.3, 0.4) is 0 Å². The van der Waals surface area contributed by atoms with E-state index >= 15 is 0 Å². The fraction of sp³-hybridized carbons (Fsp3) is 1.00. The Morgan fingerprint density at radius 2 is 2.50 bits per heavy atom. The third-order valence-corrected chi connectivity index (χ3v) is 3.94. The van der Waals surface area contributed by atoms with E-state index < -0.39 is 0 Å². The van der Waals surface area contributed by atoms with Crippen LogP contribution in [0.15, 0.2) is 0 Å². The van der Waals surface area contributed by atoms with E-state index in [0.29, 0.717) is 6.04 Å². The van der Waals surface area contributed by atoms with Crippen LogP contribution >= 0.6 is 11.8 Å². The molecular formula is C10H20N2OS. The monoisotopic (exact) mass is 216 g/mol. The second-order valence-electron chi connectivity index (χ2n) is 4.17. The molecule has 0 amide bonds. The minimum Gasteiger partial charge on any atom is -0.378 e. The lowest BCUT2D eigenvalue weighted by atomic mass is 10.2. The summed E-state index contributed by atoms with van der Waals surface area (Å²) in [5, 5.41) is 4.31. The van der Waals surface area contributed by atoms with Crippen LogP contribution in [0.2, 0.25) is 0 Å². The summed E-state index contributed by atoms with van der Waals surface area (Å²) in [6.45, 7) is 8.74. The van der Waals surface area contributed by atoms with Crippen LogP contribution in [0, 0.1) is 0 Å². The predicted octanol–water partition coefficient (Wildman–Crippen LogP) is 0.412. The lowest BCUT2D eigenvalue weighted by Crippen LogP contribution is -2.50. The summed E-state index contributed by atoms with van der Waals surface area (Å²) < 4.78 is 5.46. The van der Waals surface area contributed by atoms with Gasteiger partial charge in [0.25, 0.3) is 0 Å². The van der Waals surface area contributed by atoms with Gasteiger partial charge in [0.2, 0.25) is 0 Å². The maximum Gasteiger partial charge on any atom is 0.0632 e. The molecular weight excluding hydrogens is 196 g/mol. The summed E-state index contributed by atoms with van der Waals surface area (Å²) >= 11 is 2.09. The molecule has 2 aliphatic heterocycles. The highest BCUT2D eigenvalue weighted by Gasteiger charge is 2.21. The van der Waals surface area contributed by atoms with E-state index in [1.165, 1.54) is 18.8 Å². The fourth-order valence-corrected chi connectivity index (χ4v) is 3.19. The highest BCUT2D eigenvalue weighted by atomic mass is 32.2. The van der Waals surface area contributed by atoms with Crippen LogP contribution in [0.1, 0.15) is 6.92 Å². The average Bonchev–Trinajstić information content (AvgIpc) is 2.19. The Labute approximate surface area is 90.6 Å². The van der Waals surface area contributed by atoms with Gasteiger partial charge in [-0.15, -0.1) is 0 Å². The zero-order valence-electron chi connectivity index (χ0n) is 8.87. The molecule has 0 saturated carbocycles. The Bertz CT molecular complexity index is 174. The minimum atomic E-state index is 0.555. The molecule has 2 aliphatic rings. The third kappa shape index (κ3) is 3.12. The lowest BCUT2D eigenvalue weighted by Gasteiger charge is -2.34. The van der Waals surface area contributed by atoms with Gasteiger partial charge in [-0.3, -0.25) is 4.90 Å². The van der Waals surface area contributed by atoms with Gasteiger partial charge < -0.3 is 10.1 Å². The Morgan fingerprint density at radius 3 is 3.21 bits per heavy atom. The van der Waals surface area contributed by atoms with Crippen molar-refractivity contribution in [3.8, 4) is 0 Å². The largest absolute Gasteiger partial charge is 0.378 e. The van der Waals surface area contributed by atoms with E-state index in [1.54, 1.807) is 0 Å². The Kier molecular flexibility index (Phi) is 4.10. The molecule has 0 spiro atoms. The zero-order chi connectivity index (χ0) is 9.80. The maximum atomic E-state index is 5.46. The molecule has 2 fully saturated rings. The van der Waals surface area contributed by atoms with Crippen LogP contribution < -0.4 is 5.32 Å². The predicted molar refractivity (Wildman–Crippen MR) is 61.0 cm³/mol. The number of morpholine rings is 1. The van der Waals surface area contributed by atoms with Crippen molar-refractivity contribution >= 4 is 11.8 Å². The summed E-state index contributed by atoms with van der Waals surface area (Å²) in [5.74, 6) is 1.29. The Hall–Kier alpha value is 0.230. The molecule has 0 radical (unpaired) electrons. The van der Waals surface area contributed by atoms with Gasteiger partial charge in [0.1, 0.15) is 0 Å². The van der Waals surface area contributed by atoms with Gasteiger partial charge in [0, 0.05) is 43.2 Å². The number of nitrogens with one attached hydrogen (secondary N) is 1. The van der Waals surface area contributed by atoms with E-state index in [0.717, 1.165) is 31.6 Å². The molecule has 1 N–H and O–H groups in total. The molecule has 2 atom stereocenters. The van der Waals surface area contributed by atoms with Crippen molar-refractivity contribution in [2.24, 2.45) is 0 Å². The Morgan fingerprint density at radius 1 is 1.57 bits per heavy atom. The molecule has 3 nitrogen and oxygen atoms in total. The Balaban J connectivity index is 1.72. The minimum absolute atomic E-state index is 0.555. The SMILES string of the molecule is CC1CN(CC2COCCN2)CCS1. The van der Waals surface area contributed by atoms with Crippen molar-refractivity contribution in [1.29, 1.82) is 0 Å². The molecule has 4 heteroatoms. The number of hydrogen-bond donors (Lipinski definition) is 1. The molecule has 0 aliphatic carbocycles. The highest BCUT2D eigenvalue weighted by Crippen LogP contribution is 2.17. The van der Waals surface area contributed by atoms with Gasteiger partial charge in [-0.05, 0) is 0 Å². The van der Waals surface area contributed by atoms with Gasteiger partial charge in [0.15, 0.2) is 0 Å². The first kappa shape index (κ1) is 10.7. The van der Waals surface area contributed by atoms with E-state index in [2.05, 4.69) is 28.9 Å². The van der Waals surface area contributed by atoms with E-state index in [1.807, 2.05) is 0 Å². The second kappa shape index (κ2) is 5.35. The van der Waals surface area contributed by atoms with Crippen molar-refractivity contribution in [1.82, 2.24) is 10.2 Å². The standard InChI is InChI=1S/C10H20N2OS/c1-9-6-12(3-5-14-9)7-10-8-13-4-2-11-10/h9-11H,2-8H2,1H3. The number of hydrogen-bond acceptors (Lipinski definition) is 4. The summed E-state index contributed by atoms with van der Waals surface area (Å²) in [7, 11) is 0. The average molecular weight is 216 g/mol. The van der Waals surface area contributed by atoms with Gasteiger partial charge >= 0.3 is 0 Å². The van der Waals surface area contributed by atoms with E-state index in [-0.39, 0.29) is 0 Å². The van der Waals surface area contributed by atoms with Gasteiger partial charge in [-0.2, -0.15) is 11.8 Å². The molecule has 0 aromatic rings. The summed E-state index contributed by atoms with van der Waals surface area (Å²) in [5.41, 5.74) is 0. The van der Waals surface area contributed by atoms with Crippen molar-refractivity contribution in [2.45, 2.75) is 18.2 Å². The second-order valence-corrected chi connectivity index (χ2v) is 5.71. The van der Waals surface area contributed by atoms with E-state index in [4.69, 9.17) is 4.74 Å². The molecule has 14 heavy (non-hydrogen) atoms. The van der Waals surface area contributed by atoms with E-state index in [9.17, 15) is 0 Å². The quantitative estimate of drug-likeness (QED) is 0.723. The zero-order valence-corrected chi connectivity index (χ0v) is 9.68. The molecule has 0 aromatic carbocycles. The van der Waals surface area contributed by atoms with Gasteiger partial charge in [-0.1, -0.05) is 6.92 Å². The third-order valence-electron chi connectivity index (χ3n) is 2.80. The molecule has 0 aromatic heterocycles. The first-order valence-corrected chi connectivity index (χ1v) is 6.54. The highest BCUT2D eigenvalue weighted by molar-refractivity contribution is 7.99. The summed E-state index contributed by atoms with van der Waals surface area (Å²) in [4.78, 5) is 2.56. The van der Waals surface area contributed by atoms with Crippen LogP contribution in [-0.4, -0.2) is 61.3 Å². The van der Waals surface area contributed by atoms with Crippen molar-refractivity contribution < 1.29 is 4.74 Å². The first-order valence-electron chi connectivity index (χ1n) is 5.49. The lowest BCUT2D eigenvalue weighted by molar-refractivity contribution is 0.0625. The van der Waals surface area contributed by atoms with Crippen molar-refractivity contribution in [3.05, 3.63) is 0 Å². The number of rotatable bonds is 2. The fourth-order valence-electron chi connectivity index (χ4n) is 2.11. The molecule has 2 saturated heterocycles. The van der Waals surface area contributed by atoms with Gasteiger partial charge in [0.05, 0.1) is 13.2 Å². The molecule has 2 rings (SSSR count). The van der Waals surface area contributed by atoms with Crippen LogP contribution in [-0.2, 0) is 4.74 Å². The first-order chi connectivity index (χ1) is 6.84. The van der Waals surface area contributed by atoms with Crippen LogP contribution in [0.5, 0.6) is 0 Å². The number of nitrogens with zero attached hydrogens (tertiary/aromatic N) is 1. The molecule has 82 valence electrons. The smallest absolute Gasteiger partial charge is 0.0632 e. The van der Waals surface area contributed by atoms with Crippen LogP contribution in [0.25, 0.3) is 0 Å². The number of ether oxygens (including phenoxy) is 1. The summed E-state index contributed by atoms with van der Waals surface area (Å²) in [6, 6.07) is 0.555. The van der Waals surface area contributed by atoms with Gasteiger partial charge in [-0.25, -0.2) is 0 Å². The molecule has 0 bridgehead atoms. The normalized spacial score (nSPS) is 35.8. The van der Waals surface area contributed by atoms with Crippen LogP contribution in [0.4, 0.5) is 0 Å². The number of thioether (sulfide) groups is 1.